The van der Waals surface area contributed by atoms with E-state index >= 15 is 0 Å². The van der Waals surface area contributed by atoms with Crippen molar-refractivity contribution in [2.75, 3.05) is 0 Å². The van der Waals surface area contributed by atoms with Crippen molar-refractivity contribution in [2.24, 2.45) is 0 Å². The van der Waals surface area contributed by atoms with Crippen LogP contribution in [-0.4, -0.2) is 19.5 Å². The van der Waals surface area contributed by atoms with Gasteiger partial charge in [-0.05, 0) is 34.5 Å². The lowest BCUT2D eigenvalue weighted by Gasteiger charge is -2.09. The van der Waals surface area contributed by atoms with Crippen LogP contribution in [0.1, 0.15) is 15.9 Å². The summed E-state index contributed by atoms with van der Waals surface area (Å²) in [6, 6.07) is 3.96. The van der Waals surface area contributed by atoms with Crippen LogP contribution in [0.2, 0.25) is 10.0 Å². The van der Waals surface area contributed by atoms with Crippen LogP contribution in [0.3, 0.4) is 0 Å². The number of halogens is 2. The first-order valence-electron chi connectivity index (χ1n) is 5.27. The molecule has 1 aromatic carbocycles. The van der Waals surface area contributed by atoms with Crippen LogP contribution < -0.4 is 0 Å². The number of hydrogen-bond donors (Lipinski definition) is 1. The number of sulfone groups is 1. The lowest BCUT2D eigenvalue weighted by Crippen LogP contribution is -2.08. The average Bonchev–Trinajstić information content (AvgIpc) is 2.83. The first-order chi connectivity index (χ1) is 9.31. The van der Waals surface area contributed by atoms with Crippen LogP contribution in [0.4, 0.5) is 0 Å². The largest absolute Gasteiger partial charge is 0.478 e. The molecule has 2 aromatic rings. The second kappa shape index (κ2) is 5.73. The smallest absolute Gasteiger partial charge is 0.337 e. The maximum Gasteiger partial charge on any atom is 0.337 e. The summed E-state index contributed by atoms with van der Waals surface area (Å²) < 4.78 is 24.6. The molecule has 20 heavy (non-hydrogen) atoms. The maximum atomic E-state index is 12.3. The van der Waals surface area contributed by atoms with Crippen LogP contribution in [0.15, 0.2) is 33.9 Å². The number of carboxylic acid groups (broad SMARTS) is 1. The fourth-order valence-electron chi connectivity index (χ4n) is 1.62. The number of benzene rings is 1. The van der Waals surface area contributed by atoms with Crippen LogP contribution >= 0.6 is 34.5 Å². The van der Waals surface area contributed by atoms with Gasteiger partial charge in [0.15, 0.2) is 9.84 Å². The number of thiophene rings is 1. The third-order valence-corrected chi connectivity index (χ3v) is 5.68. The Morgan fingerprint density at radius 2 is 2.00 bits per heavy atom. The summed E-state index contributed by atoms with van der Waals surface area (Å²) in [5.74, 6) is -1.58. The van der Waals surface area contributed by atoms with Gasteiger partial charge in [-0.15, -0.1) is 0 Å². The van der Waals surface area contributed by atoms with E-state index in [-0.39, 0.29) is 26.3 Å². The normalized spacial score (nSPS) is 11.5. The van der Waals surface area contributed by atoms with E-state index in [0.29, 0.717) is 5.56 Å². The van der Waals surface area contributed by atoms with Crippen molar-refractivity contribution in [3.63, 3.8) is 0 Å². The highest BCUT2D eigenvalue weighted by atomic mass is 35.5. The zero-order valence-electron chi connectivity index (χ0n) is 9.84. The Balaban J connectivity index is 2.54. The highest BCUT2D eigenvalue weighted by molar-refractivity contribution is 7.90. The van der Waals surface area contributed by atoms with E-state index in [9.17, 15) is 13.2 Å². The predicted molar refractivity (Wildman–Crippen MR) is 78.6 cm³/mol. The van der Waals surface area contributed by atoms with Crippen LogP contribution in [0, 0.1) is 0 Å². The van der Waals surface area contributed by atoms with Gasteiger partial charge in [-0.3, -0.25) is 0 Å². The molecule has 0 atom stereocenters. The molecular formula is C12H8Cl2O4S2. The second-order valence-corrected chi connectivity index (χ2v) is 7.51. The maximum absolute atomic E-state index is 12.3. The minimum atomic E-state index is -3.77. The van der Waals surface area contributed by atoms with Gasteiger partial charge in [-0.2, -0.15) is 11.3 Å². The highest BCUT2D eigenvalue weighted by Gasteiger charge is 2.24. The molecule has 106 valence electrons. The molecule has 0 spiro atoms. The van der Waals surface area contributed by atoms with E-state index < -0.39 is 15.8 Å². The molecule has 0 saturated carbocycles. The molecule has 8 heteroatoms. The van der Waals surface area contributed by atoms with Gasteiger partial charge in [0.1, 0.15) is 0 Å². The van der Waals surface area contributed by atoms with Crippen molar-refractivity contribution < 1.29 is 18.3 Å². The molecule has 1 aromatic heterocycles. The van der Waals surface area contributed by atoms with Gasteiger partial charge in [-0.25, -0.2) is 13.2 Å². The number of rotatable bonds is 4. The van der Waals surface area contributed by atoms with Gasteiger partial charge in [0.2, 0.25) is 0 Å². The van der Waals surface area contributed by atoms with Gasteiger partial charge in [0.05, 0.1) is 21.2 Å². The third-order valence-electron chi connectivity index (χ3n) is 2.51. The fraction of sp³-hybridized carbons (Fsp3) is 0.0833. The SMILES string of the molecule is O=C(O)c1cc(Cl)cc(S(=O)(=O)Cc2ccsc2)c1Cl. The number of carboxylic acids is 1. The Morgan fingerprint density at radius 3 is 2.55 bits per heavy atom. The summed E-state index contributed by atoms with van der Waals surface area (Å²) >= 11 is 13.0. The summed E-state index contributed by atoms with van der Waals surface area (Å²) in [7, 11) is -3.77. The molecule has 4 nitrogen and oxygen atoms in total. The van der Waals surface area contributed by atoms with Gasteiger partial charge in [-0.1, -0.05) is 23.2 Å². The van der Waals surface area contributed by atoms with Gasteiger partial charge in [0, 0.05) is 5.02 Å². The number of aromatic carboxylic acids is 1. The summed E-state index contributed by atoms with van der Waals surface area (Å²) in [5.41, 5.74) is 0.283. The molecule has 0 fully saturated rings. The summed E-state index contributed by atoms with van der Waals surface area (Å²) in [4.78, 5) is 10.8. The predicted octanol–water partition coefficient (Wildman–Crippen LogP) is 3.73. The molecule has 0 radical (unpaired) electrons. The minimum absolute atomic E-state index is 0.00990. The van der Waals surface area contributed by atoms with Crippen molar-refractivity contribution >= 4 is 50.3 Å². The van der Waals surface area contributed by atoms with E-state index in [4.69, 9.17) is 28.3 Å². The molecule has 0 amide bonds. The molecule has 1 heterocycles. The van der Waals surface area contributed by atoms with Gasteiger partial charge in [0.25, 0.3) is 0 Å². The van der Waals surface area contributed by atoms with Gasteiger partial charge < -0.3 is 5.11 Å². The number of hydrogen-bond acceptors (Lipinski definition) is 4. The molecule has 0 unspecified atom stereocenters. The average molecular weight is 351 g/mol. The van der Waals surface area contributed by atoms with Crippen LogP contribution in [0.5, 0.6) is 0 Å². The topological polar surface area (TPSA) is 71.4 Å². The Hall–Kier alpha value is -1.08. The van der Waals surface area contributed by atoms with Crippen LogP contribution in [-0.2, 0) is 15.6 Å². The first kappa shape index (κ1) is 15.3. The quantitative estimate of drug-likeness (QED) is 0.911. The lowest BCUT2D eigenvalue weighted by atomic mass is 10.2. The Morgan fingerprint density at radius 1 is 1.30 bits per heavy atom. The fourth-order valence-corrected chi connectivity index (χ4v) is 4.68. The standard InChI is InChI=1S/C12H8Cl2O4S2/c13-8-3-9(12(15)16)11(14)10(4-8)20(17,18)6-7-1-2-19-5-7/h1-5H,6H2,(H,15,16). The molecule has 0 bridgehead atoms. The van der Waals surface area contributed by atoms with E-state index in [1.165, 1.54) is 11.3 Å². The van der Waals surface area contributed by atoms with Crippen molar-refractivity contribution in [2.45, 2.75) is 10.6 Å². The first-order valence-corrected chi connectivity index (χ1v) is 8.62. The Bertz CT molecular complexity index is 752. The van der Waals surface area contributed by atoms with E-state index in [2.05, 4.69) is 0 Å². The van der Waals surface area contributed by atoms with Crippen molar-refractivity contribution in [1.82, 2.24) is 0 Å². The van der Waals surface area contributed by atoms with Crippen molar-refractivity contribution in [1.29, 1.82) is 0 Å². The van der Waals surface area contributed by atoms with Crippen molar-refractivity contribution in [3.05, 3.63) is 50.1 Å². The molecule has 0 saturated heterocycles. The molecule has 1 N–H and O–H groups in total. The van der Waals surface area contributed by atoms with Gasteiger partial charge >= 0.3 is 5.97 Å². The zero-order valence-corrected chi connectivity index (χ0v) is 13.0. The lowest BCUT2D eigenvalue weighted by molar-refractivity contribution is 0.0697. The van der Waals surface area contributed by atoms with E-state index in [1.807, 2.05) is 0 Å². The van der Waals surface area contributed by atoms with Crippen LogP contribution in [0.25, 0.3) is 0 Å². The minimum Gasteiger partial charge on any atom is -0.478 e. The zero-order chi connectivity index (χ0) is 14.9. The summed E-state index contributed by atoms with van der Waals surface area (Å²) in [6.45, 7) is 0. The molecule has 0 aliphatic carbocycles. The molecule has 0 aliphatic rings. The second-order valence-electron chi connectivity index (χ2n) is 3.96. The molecule has 2 rings (SSSR count). The third kappa shape index (κ3) is 3.15. The van der Waals surface area contributed by atoms with E-state index in [0.717, 1.165) is 12.1 Å². The highest BCUT2D eigenvalue weighted by Crippen LogP contribution is 2.31. The Labute approximate surface area is 129 Å². The van der Waals surface area contributed by atoms with Crippen molar-refractivity contribution in [3.8, 4) is 0 Å². The summed E-state index contributed by atoms with van der Waals surface area (Å²) in [6.07, 6.45) is 0. The summed E-state index contributed by atoms with van der Waals surface area (Å²) in [5, 5.41) is 12.1. The van der Waals surface area contributed by atoms with E-state index in [1.54, 1.807) is 16.8 Å². The molecular weight excluding hydrogens is 343 g/mol. The number of carbonyl (C=O) groups is 1. The molecule has 0 aliphatic heterocycles. The monoisotopic (exact) mass is 350 g/mol. The Kier molecular flexibility index (Phi) is 4.39.